The molecule has 4 fully saturated rings. The molecule has 1 aliphatic carbocycles. The van der Waals surface area contributed by atoms with E-state index in [9.17, 15) is 4.39 Å². The predicted octanol–water partition coefficient (Wildman–Crippen LogP) is 2.87. The molecular weight excluding hydrogens is 505 g/mol. The van der Waals surface area contributed by atoms with E-state index in [1.54, 1.807) is 12.1 Å². The standard InChI is InChI=1S/C28H32FN5O5/c29-19-14-30-20-2-4-23(36-12-11-35)33-24(20)18(19)5-6-28-9-7-27(8-10-28,16-38-28)31-13-17-1-3-21-25(32-17)34-26-22(39-26)15-37-21/h1-4,14,22,26,31,35H,5-13,15-16H2,(H,32,34). The highest BCUT2D eigenvalue weighted by molar-refractivity contribution is 5.78. The molecule has 8 rings (SSSR count). The van der Waals surface area contributed by atoms with Gasteiger partial charge in [-0.25, -0.2) is 14.4 Å². The van der Waals surface area contributed by atoms with E-state index in [4.69, 9.17) is 29.0 Å². The molecule has 7 heterocycles. The number of nitrogens with zero attached hydrogens (tertiary/aromatic N) is 3. The van der Waals surface area contributed by atoms with Crippen LogP contribution < -0.4 is 20.1 Å². The molecule has 3 aromatic heterocycles. The molecule has 4 aliphatic heterocycles. The van der Waals surface area contributed by atoms with Gasteiger partial charge in [0.2, 0.25) is 5.88 Å². The van der Waals surface area contributed by atoms with Crippen molar-refractivity contribution in [3.8, 4) is 11.6 Å². The summed E-state index contributed by atoms with van der Waals surface area (Å²) in [6, 6.07) is 7.43. The normalized spacial score (nSPS) is 28.7. The fourth-order valence-electron chi connectivity index (χ4n) is 6.00. The molecule has 2 bridgehead atoms. The van der Waals surface area contributed by atoms with Gasteiger partial charge in [-0.3, -0.25) is 4.98 Å². The molecule has 5 aliphatic rings. The number of rotatable bonds is 9. The number of anilines is 1. The summed E-state index contributed by atoms with van der Waals surface area (Å²) < 4.78 is 38.1. The molecule has 3 saturated heterocycles. The van der Waals surface area contributed by atoms with Crippen LogP contribution in [-0.4, -0.2) is 70.0 Å². The molecule has 3 aromatic rings. The van der Waals surface area contributed by atoms with Gasteiger partial charge in [0.05, 0.1) is 41.7 Å². The summed E-state index contributed by atoms with van der Waals surface area (Å²) in [5.74, 6) is 1.48. The van der Waals surface area contributed by atoms with Crippen molar-refractivity contribution < 1.29 is 28.4 Å². The lowest BCUT2D eigenvalue weighted by atomic mass is 9.69. The van der Waals surface area contributed by atoms with Crippen LogP contribution in [0.4, 0.5) is 10.2 Å². The molecule has 39 heavy (non-hydrogen) atoms. The van der Waals surface area contributed by atoms with Crippen molar-refractivity contribution in [3.05, 3.63) is 47.5 Å². The Kier molecular flexibility index (Phi) is 6.26. The highest BCUT2D eigenvalue weighted by atomic mass is 19.1. The largest absolute Gasteiger partial charge is 0.487 e. The van der Waals surface area contributed by atoms with Gasteiger partial charge >= 0.3 is 0 Å². The van der Waals surface area contributed by atoms with Crippen LogP contribution in [0, 0.1) is 5.82 Å². The fourth-order valence-corrected chi connectivity index (χ4v) is 6.00. The number of ether oxygens (including phenoxy) is 4. The Morgan fingerprint density at radius 1 is 1.15 bits per heavy atom. The Hall–Kier alpha value is -3.12. The van der Waals surface area contributed by atoms with E-state index >= 15 is 0 Å². The molecule has 2 atom stereocenters. The smallest absolute Gasteiger partial charge is 0.213 e. The SMILES string of the molecule is OCCOc1ccc2ncc(F)c(CCC34CCC(NCc5ccc6c(n5)NC5OC5CO6)(CC3)CO4)c2n1. The molecule has 0 aromatic carbocycles. The van der Waals surface area contributed by atoms with E-state index in [-0.39, 0.29) is 42.5 Å². The van der Waals surface area contributed by atoms with Crippen molar-refractivity contribution in [2.45, 2.75) is 68.5 Å². The average Bonchev–Trinajstić information content (AvgIpc) is 3.74. The van der Waals surface area contributed by atoms with Gasteiger partial charge in [-0.1, -0.05) is 0 Å². The lowest BCUT2D eigenvalue weighted by Crippen LogP contribution is -2.61. The van der Waals surface area contributed by atoms with Crippen LogP contribution >= 0.6 is 0 Å². The van der Waals surface area contributed by atoms with Gasteiger partial charge in [-0.15, -0.1) is 0 Å². The van der Waals surface area contributed by atoms with Gasteiger partial charge in [-0.2, -0.15) is 0 Å². The molecule has 0 amide bonds. The third kappa shape index (κ3) is 4.88. The highest BCUT2D eigenvalue weighted by Gasteiger charge is 2.49. The number of nitrogens with one attached hydrogen (secondary N) is 2. The van der Waals surface area contributed by atoms with Crippen LogP contribution in [-0.2, 0) is 22.4 Å². The number of hydrogen-bond donors (Lipinski definition) is 3. The number of aliphatic hydroxyl groups excluding tert-OH is 1. The van der Waals surface area contributed by atoms with Crippen molar-refractivity contribution in [2.24, 2.45) is 0 Å². The summed E-state index contributed by atoms with van der Waals surface area (Å²) in [7, 11) is 0. The third-order valence-electron chi connectivity index (χ3n) is 8.51. The van der Waals surface area contributed by atoms with E-state index in [0.29, 0.717) is 55.1 Å². The van der Waals surface area contributed by atoms with E-state index < -0.39 is 0 Å². The first-order valence-corrected chi connectivity index (χ1v) is 13.7. The van der Waals surface area contributed by atoms with Crippen LogP contribution in [0.15, 0.2) is 30.5 Å². The predicted molar refractivity (Wildman–Crippen MR) is 139 cm³/mol. The monoisotopic (exact) mass is 537 g/mol. The van der Waals surface area contributed by atoms with Gasteiger partial charge in [0.25, 0.3) is 0 Å². The Morgan fingerprint density at radius 3 is 2.87 bits per heavy atom. The maximum absolute atomic E-state index is 14.9. The first kappa shape index (κ1) is 24.9. The van der Waals surface area contributed by atoms with Crippen molar-refractivity contribution in [1.82, 2.24) is 20.3 Å². The zero-order valence-corrected chi connectivity index (χ0v) is 21.6. The van der Waals surface area contributed by atoms with Crippen LogP contribution in [0.5, 0.6) is 11.6 Å². The topological polar surface area (TPSA) is 123 Å². The number of pyridine rings is 3. The summed E-state index contributed by atoms with van der Waals surface area (Å²) in [6.45, 7) is 1.82. The minimum absolute atomic E-state index is 0.00481. The first-order valence-electron chi connectivity index (χ1n) is 13.7. The molecule has 0 spiro atoms. The Bertz CT molecular complexity index is 1370. The van der Waals surface area contributed by atoms with Gasteiger partial charge in [0.15, 0.2) is 17.8 Å². The summed E-state index contributed by atoms with van der Waals surface area (Å²) in [6.07, 6.45) is 6.39. The lowest BCUT2D eigenvalue weighted by Gasteiger charge is -2.53. The van der Waals surface area contributed by atoms with E-state index in [0.717, 1.165) is 42.9 Å². The first-order chi connectivity index (χ1) is 19.0. The summed E-state index contributed by atoms with van der Waals surface area (Å²) >= 11 is 0. The lowest BCUT2D eigenvalue weighted by molar-refractivity contribution is -0.165. The molecule has 0 radical (unpaired) electrons. The second-order valence-corrected chi connectivity index (χ2v) is 11.0. The Morgan fingerprint density at radius 2 is 2.05 bits per heavy atom. The molecule has 10 nitrogen and oxygen atoms in total. The third-order valence-corrected chi connectivity index (χ3v) is 8.51. The van der Waals surface area contributed by atoms with Gasteiger partial charge < -0.3 is 34.7 Å². The molecule has 1 saturated carbocycles. The van der Waals surface area contributed by atoms with Crippen molar-refractivity contribution in [1.29, 1.82) is 0 Å². The number of aliphatic hydroxyl groups is 1. The second-order valence-electron chi connectivity index (χ2n) is 11.0. The minimum Gasteiger partial charge on any atom is -0.487 e. The van der Waals surface area contributed by atoms with Crippen LogP contribution in [0.1, 0.15) is 43.4 Å². The van der Waals surface area contributed by atoms with Crippen LogP contribution in [0.25, 0.3) is 11.0 Å². The second kappa shape index (κ2) is 9.81. The number of epoxide rings is 1. The number of fused-ring (bicyclic) bond motifs is 6. The van der Waals surface area contributed by atoms with Crippen LogP contribution in [0.2, 0.25) is 0 Å². The van der Waals surface area contributed by atoms with Crippen LogP contribution in [0.3, 0.4) is 0 Å². The van der Waals surface area contributed by atoms with Gasteiger partial charge in [-0.05, 0) is 56.7 Å². The summed E-state index contributed by atoms with van der Waals surface area (Å²) in [5.41, 5.74) is 2.25. The molecule has 3 N–H and O–H groups in total. The zero-order chi connectivity index (χ0) is 26.5. The Labute approximate surface area is 225 Å². The fraction of sp³-hybridized carbons (Fsp3) is 0.536. The van der Waals surface area contributed by atoms with E-state index in [1.165, 1.54) is 6.20 Å². The van der Waals surface area contributed by atoms with E-state index in [1.807, 2.05) is 12.1 Å². The van der Waals surface area contributed by atoms with E-state index in [2.05, 4.69) is 20.6 Å². The number of hydrogen-bond acceptors (Lipinski definition) is 10. The highest BCUT2D eigenvalue weighted by Crippen LogP contribution is 2.46. The van der Waals surface area contributed by atoms with Crippen molar-refractivity contribution >= 4 is 16.9 Å². The Balaban J connectivity index is 0.988. The van der Waals surface area contributed by atoms with Gasteiger partial charge in [0.1, 0.15) is 25.1 Å². The quantitative estimate of drug-likeness (QED) is 0.351. The maximum atomic E-state index is 14.9. The number of aromatic nitrogens is 3. The molecular formula is C28H32FN5O5. The maximum Gasteiger partial charge on any atom is 0.213 e. The molecule has 2 unspecified atom stereocenters. The average molecular weight is 538 g/mol. The number of halogens is 1. The van der Waals surface area contributed by atoms with Gasteiger partial charge in [0, 0.05) is 23.7 Å². The zero-order valence-electron chi connectivity index (χ0n) is 21.6. The van der Waals surface area contributed by atoms with Crippen molar-refractivity contribution in [2.75, 3.05) is 31.7 Å². The summed E-state index contributed by atoms with van der Waals surface area (Å²) in [5, 5.41) is 16.1. The molecule has 11 heteroatoms. The molecule has 206 valence electrons. The minimum atomic E-state index is -0.370. The summed E-state index contributed by atoms with van der Waals surface area (Å²) in [4.78, 5) is 13.4. The number of aryl methyl sites for hydroxylation is 1. The van der Waals surface area contributed by atoms with Crippen molar-refractivity contribution in [3.63, 3.8) is 0 Å².